The monoisotopic (exact) mass is 413 g/mol. The Morgan fingerprint density at radius 2 is 2.08 bits per heavy atom. The SMILES string of the molecule is C=CCOc1ccc(C(=O)NCc2nc(-c3cccc(Br)c3)no2)cc1. The number of benzene rings is 2. The zero-order valence-electron chi connectivity index (χ0n) is 13.8. The zero-order valence-corrected chi connectivity index (χ0v) is 15.4. The summed E-state index contributed by atoms with van der Waals surface area (Å²) < 4.78 is 11.5. The molecule has 1 N–H and O–H groups in total. The van der Waals surface area contributed by atoms with Crippen LogP contribution in [0.2, 0.25) is 0 Å². The van der Waals surface area contributed by atoms with Gasteiger partial charge in [0.15, 0.2) is 0 Å². The van der Waals surface area contributed by atoms with E-state index in [0.717, 1.165) is 10.0 Å². The second-order valence-electron chi connectivity index (χ2n) is 5.33. The Kier molecular flexibility index (Phi) is 5.80. The van der Waals surface area contributed by atoms with Crippen molar-refractivity contribution < 1.29 is 14.1 Å². The van der Waals surface area contributed by atoms with Gasteiger partial charge in [0.25, 0.3) is 5.91 Å². The zero-order chi connectivity index (χ0) is 18.4. The van der Waals surface area contributed by atoms with E-state index in [0.29, 0.717) is 29.6 Å². The molecule has 26 heavy (non-hydrogen) atoms. The Labute approximate surface area is 159 Å². The van der Waals surface area contributed by atoms with Gasteiger partial charge in [0.1, 0.15) is 12.4 Å². The van der Waals surface area contributed by atoms with Crippen molar-refractivity contribution in [3.05, 3.63) is 77.1 Å². The van der Waals surface area contributed by atoms with Gasteiger partial charge in [0, 0.05) is 15.6 Å². The number of halogens is 1. The Balaban J connectivity index is 1.59. The predicted molar refractivity (Wildman–Crippen MR) is 101 cm³/mol. The van der Waals surface area contributed by atoms with Crippen LogP contribution in [0.15, 0.2) is 70.2 Å². The van der Waals surface area contributed by atoms with Gasteiger partial charge in [0.05, 0.1) is 6.54 Å². The summed E-state index contributed by atoms with van der Waals surface area (Å²) in [6, 6.07) is 14.4. The first-order valence-corrected chi connectivity index (χ1v) is 8.65. The molecule has 7 heteroatoms. The number of rotatable bonds is 7. The first-order chi connectivity index (χ1) is 12.7. The third kappa shape index (κ3) is 4.58. The molecule has 0 bridgehead atoms. The minimum absolute atomic E-state index is 0.147. The molecule has 2 aromatic carbocycles. The van der Waals surface area contributed by atoms with Crippen LogP contribution < -0.4 is 10.1 Å². The fourth-order valence-electron chi connectivity index (χ4n) is 2.19. The highest BCUT2D eigenvalue weighted by molar-refractivity contribution is 9.10. The highest BCUT2D eigenvalue weighted by Gasteiger charge is 2.11. The van der Waals surface area contributed by atoms with Crippen LogP contribution in [0.3, 0.4) is 0 Å². The number of hydrogen-bond acceptors (Lipinski definition) is 5. The largest absolute Gasteiger partial charge is 0.490 e. The summed E-state index contributed by atoms with van der Waals surface area (Å²) >= 11 is 3.40. The quantitative estimate of drug-likeness (QED) is 0.592. The summed E-state index contributed by atoms with van der Waals surface area (Å²) in [5.41, 5.74) is 1.35. The van der Waals surface area contributed by atoms with E-state index in [1.807, 2.05) is 24.3 Å². The fraction of sp³-hybridized carbons (Fsp3) is 0.105. The van der Waals surface area contributed by atoms with Crippen molar-refractivity contribution in [2.45, 2.75) is 6.54 Å². The summed E-state index contributed by atoms with van der Waals surface area (Å²) in [6.07, 6.45) is 1.66. The lowest BCUT2D eigenvalue weighted by molar-refractivity contribution is 0.0946. The van der Waals surface area contributed by atoms with Crippen molar-refractivity contribution in [2.75, 3.05) is 6.61 Å². The van der Waals surface area contributed by atoms with Crippen LogP contribution in [0.1, 0.15) is 16.2 Å². The summed E-state index contributed by atoms with van der Waals surface area (Å²) in [4.78, 5) is 16.5. The first kappa shape index (κ1) is 17.9. The first-order valence-electron chi connectivity index (χ1n) is 7.86. The number of hydrogen-bond donors (Lipinski definition) is 1. The molecule has 1 aromatic heterocycles. The second kappa shape index (κ2) is 8.44. The summed E-state index contributed by atoms with van der Waals surface area (Å²) in [6.45, 7) is 4.16. The third-order valence-corrected chi connectivity index (χ3v) is 3.93. The predicted octanol–water partition coefficient (Wildman–Crippen LogP) is 3.99. The molecular weight excluding hydrogens is 398 g/mol. The van der Waals surface area contributed by atoms with E-state index in [-0.39, 0.29) is 12.5 Å². The number of ether oxygens (including phenoxy) is 1. The van der Waals surface area contributed by atoms with Gasteiger partial charge in [-0.3, -0.25) is 4.79 Å². The smallest absolute Gasteiger partial charge is 0.251 e. The molecule has 0 radical (unpaired) electrons. The number of nitrogens with zero attached hydrogens (tertiary/aromatic N) is 2. The molecule has 3 rings (SSSR count). The summed E-state index contributed by atoms with van der Waals surface area (Å²) in [5, 5.41) is 6.69. The number of carbonyl (C=O) groups excluding carboxylic acids is 1. The molecule has 0 aliphatic carbocycles. The van der Waals surface area contributed by atoms with Crippen molar-refractivity contribution in [1.82, 2.24) is 15.5 Å². The molecule has 0 spiro atoms. The minimum Gasteiger partial charge on any atom is -0.490 e. The summed E-state index contributed by atoms with van der Waals surface area (Å²) in [7, 11) is 0. The van der Waals surface area contributed by atoms with Gasteiger partial charge in [0.2, 0.25) is 11.7 Å². The van der Waals surface area contributed by atoms with Crippen LogP contribution in [0.25, 0.3) is 11.4 Å². The van der Waals surface area contributed by atoms with E-state index in [1.54, 1.807) is 30.3 Å². The Morgan fingerprint density at radius 1 is 1.27 bits per heavy atom. The molecular formula is C19H16BrN3O3. The fourth-order valence-corrected chi connectivity index (χ4v) is 2.59. The van der Waals surface area contributed by atoms with E-state index in [1.165, 1.54) is 0 Å². The van der Waals surface area contributed by atoms with Crippen LogP contribution in [0.4, 0.5) is 0 Å². The van der Waals surface area contributed by atoms with Crippen LogP contribution in [0.5, 0.6) is 5.75 Å². The molecule has 0 fully saturated rings. The van der Waals surface area contributed by atoms with Gasteiger partial charge in [-0.15, -0.1) is 0 Å². The Bertz CT molecular complexity index is 906. The lowest BCUT2D eigenvalue weighted by Gasteiger charge is -2.05. The number of carbonyl (C=O) groups is 1. The molecule has 1 heterocycles. The van der Waals surface area contributed by atoms with Gasteiger partial charge < -0.3 is 14.6 Å². The topological polar surface area (TPSA) is 77.2 Å². The van der Waals surface area contributed by atoms with Gasteiger partial charge >= 0.3 is 0 Å². The minimum atomic E-state index is -0.234. The van der Waals surface area contributed by atoms with Crippen molar-refractivity contribution >= 4 is 21.8 Å². The average molecular weight is 414 g/mol. The normalized spacial score (nSPS) is 10.3. The third-order valence-electron chi connectivity index (χ3n) is 3.44. The number of amides is 1. The number of aromatic nitrogens is 2. The summed E-state index contributed by atoms with van der Waals surface area (Å²) in [5.74, 6) is 1.25. The molecule has 0 atom stereocenters. The van der Waals surface area contributed by atoms with Crippen LogP contribution in [-0.4, -0.2) is 22.7 Å². The lowest BCUT2D eigenvalue weighted by Crippen LogP contribution is -2.22. The standard InChI is InChI=1S/C19H16BrN3O3/c1-2-10-25-16-8-6-13(7-9-16)19(24)21-12-17-22-18(23-26-17)14-4-3-5-15(20)11-14/h2-9,11H,1,10,12H2,(H,21,24). The van der Waals surface area contributed by atoms with E-state index < -0.39 is 0 Å². The van der Waals surface area contributed by atoms with Crippen LogP contribution in [-0.2, 0) is 6.54 Å². The van der Waals surface area contributed by atoms with Gasteiger partial charge in [-0.05, 0) is 36.4 Å². The highest BCUT2D eigenvalue weighted by Crippen LogP contribution is 2.20. The average Bonchev–Trinajstić information content (AvgIpc) is 3.14. The Morgan fingerprint density at radius 3 is 2.81 bits per heavy atom. The van der Waals surface area contributed by atoms with Gasteiger partial charge in [-0.2, -0.15) is 4.98 Å². The van der Waals surface area contributed by atoms with Crippen LogP contribution in [0, 0.1) is 0 Å². The molecule has 0 saturated carbocycles. The van der Waals surface area contributed by atoms with Gasteiger partial charge in [-0.1, -0.05) is 45.9 Å². The van der Waals surface area contributed by atoms with Crippen molar-refractivity contribution in [1.29, 1.82) is 0 Å². The Hall–Kier alpha value is -2.93. The maximum Gasteiger partial charge on any atom is 0.251 e. The van der Waals surface area contributed by atoms with Crippen molar-refractivity contribution in [3.8, 4) is 17.1 Å². The molecule has 3 aromatic rings. The molecule has 1 amide bonds. The van der Waals surface area contributed by atoms with E-state index >= 15 is 0 Å². The molecule has 6 nitrogen and oxygen atoms in total. The molecule has 132 valence electrons. The lowest BCUT2D eigenvalue weighted by atomic mass is 10.2. The highest BCUT2D eigenvalue weighted by atomic mass is 79.9. The number of nitrogens with one attached hydrogen (secondary N) is 1. The van der Waals surface area contributed by atoms with E-state index in [4.69, 9.17) is 9.26 Å². The van der Waals surface area contributed by atoms with Crippen molar-refractivity contribution in [2.24, 2.45) is 0 Å². The molecule has 0 saturated heterocycles. The van der Waals surface area contributed by atoms with E-state index in [9.17, 15) is 4.79 Å². The van der Waals surface area contributed by atoms with Crippen LogP contribution >= 0.6 is 15.9 Å². The molecule has 0 aliphatic rings. The van der Waals surface area contributed by atoms with Gasteiger partial charge in [-0.25, -0.2) is 0 Å². The molecule has 0 unspecified atom stereocenters. The van der Waals surface area contributed by atoms with E-state index in [2.05, 4.69) is 38.0 Å². The second-order valence-corrected chi connectivity index (χ2v) is 6.24. The van der Waals surface area contributed by atoms with Crippen molar-refractivity contribution in [3.63, 3.8) is 0 Å². The maximum absolute atomic E-state index is 12.2. The molecule has 0 aliphatic heterocycles. The maximum atomic E-state index is 12.2.